The first-order valence-electron chi connectivity index (χ1n) is 10.7. The van der Waals surface area contributed by atoms with E-state index in [1.54, 1.807) is 7.11 Å². The molecule has 164 valence electrons. The molecule has 1 fully saturated rings. The predicted molar refractivity (Wildman–Crippen MR) is 121 cm³/mol. The number of methoxy groups -OCH3 is 1. The van der Waals surface area contributed by atoms with E-state index in [1.807, 2.05) is 36.4 Å². The third-order valence-electron chi connectivity index (χ3n) is 5.49. The van der Waals surface area contributed by atoms with E-state index in [2.05, 4.69) is 27.3 Å². The van der Waals surface area contributed by atoms with Gasteiger partial charge in [-0.1, -0.05) is 12.1 Å². The molecule has 0 bridgehead atoms. The number of hydrogen-bond acceptors (Lipinski definition) is 7. The Morgan fingerprint density at radius 1 is 1.29 bits per heavy atom. The quantitative estimate of drug-likeness (QED) is 0.525. The Balaban J connectivity index is 1.29. The SMILES string of the molecule is COc1ccc(-c2nc(-c3ccc(C(=O)NCCCN4CCCC(C)C4)s3)no2)cc1. The number of nitrogens with one attached hydrogen (secondary N) is 1. The van der Waals surface area contributed by atoms with E-state index in [0.29, 0.717) is 23.1 Å². The maximum absolute atomic E-state index is 12.5. The van der Waals surface area contributed by atoms with Crippen LogP contribution in [0.4, 0.5) is 0 Å². The van der Waals surface area contributed by atoms with Crippen LogP contribution in [0, 0.1) is 5.92 Å². The zero-order valence-electron chi connectivity index (χ0n) is 18.0. The summed E-state index contributed by atoms with van der Waals surface area (Å²) in [4.78, 5) is 20.9. The first-order valence-corrected chi connectivity index (χ1v) is 11.5. The number of piperidine rings is 1. The summed E-state index contributed by atoms with van der Waals surface area (Å²) in [7, 11) is 1.62. The van der Waals surface area contributed by atoms with Gasteiger partial charge < -0.3 is 19.5 Å². The maximum Gasteiger partial charge on any atom is 0.261 e. The molecule has 1 unspecified atom stereocenters. The van der Waals surface area contributed by atoms with Gasteiger partial charge in [-0.15, -0.1) is 11.3 Å². The average molecular weight is 441 g/mol. The van der Waals surface area contributed by atoms with Gasteiger partial charge in [0.2, 0.25) is 5.82 Å². The molecular weight excluding hydrogens is 412 g/mol. The van der Waals surface area contributed by atoms with Crippen molar-refractivity contribution < 1.29 is 14.1 Å². The molecule has 0 aliphatic carbocycles. The number of aromatic nitrogens is 2. The van der Waals surface area contributed by atoms with E-state index in [-0.39, 0.29) is 5.91 Å². The van der Waals surface area contributed by atoms with Gasteiger partial charge >= 0.3 is 0 Å². The predicted octanol–water partition coefficient (Wildman–Crippen LogP) is 4.33. The summed E-state index contributed by atoms with van der Waals surface area (Å²) in [6.45, 7) is 6.38. The van der Waals surface area contributed by atoms with Crippen molar-refractivity contribution in [3.05, 3.63) is 41.3 Å². The Bertz CT molecular complexity index is 998. The summed E-state index contributed by atoms with van der Waals surface area (Å²) in [5.74, 6) is 2.41. The molecule has 0 spiro atoms. The van der Waals surface area contributed by atoms with Gasteiger partial charge in [-0.2, -0.15) is 4.98 Å². The van der Waals surface area contributed by atoms with Crippen molar-refractivity contribution >= 4 is 17.2 Å². The lowest BCUT2D eigenvalue weighted by atomic mass is 10.0. The monoisotopic (exact) mass is 440 g/mol. The third-order valence-corrected chi connectivity index (χ3v) is 6.57. The minimum absolute atomic E-state index is 0.0536. The van der Waals surface area contributed by atoms with E-state index < -0.39 is 0 Å². The number of carbonyl (C=O) groups excluding carboxylic acids is 1. The molecule has 1 aliphatic heterocycles. The van der Waals surface area contributed by atoms with Crippen molar-refractivity contribution in [3.63, 3.8) is 0 Å². The molecule has 0 saturated carbocycles. The van der Waals surface area contributed by atoms with E-state index >= 15 is 0 Å². The zero-order chi connectivity index (χ0) is 21.6. The molecule has 0 radical (unpaired) electrons. The van der Waals surface area contributed by atoms with Crippen molar-refractivity contribution in [1.82, 2.24) is 20.4 Å². The third kappa shape index (κ3) is 5.51. The molecular formula is C23H28N4O3S. The maximum atomic E-state index is 12.5. The Morgan fingerprint density at radius 2 is 2.13 bits per heavy atom. The van der Waals surface area contributed by atoms with Crippen molar-refractivity contribution in [1.29, 1.82) is 0 Å². The second kappa shape index (κ2) is 10.1. The number of nitrogens with zero attached hydrogens (tertiary/aromatic N) is 3. The lowest BCUT2D eigenvalue weighted by Gasteiger charge is -2.30. The number of ether oxygens (including phenoxy) is 1. The number of thiophene rings is 1. The summed E-state index contributed by atoms with van der Waals surface area (Å²) in [5, 5.41) is 7.09. The van der Waals surface area contributed by atoms with Crippen LogP contribution in [0.3, 0.4) is 0 Å². The lowest BCUT2D eigenvalue weighted by Crippen LogP contribution is -2.36. The molecule has 3 aromatic rings. The minimum Gasteiger partial charge on any atom is -0.497 e. The van der Waals surface area contributed by atoms with E-state index in [9.17, 15) is 4.79 Å². The smallest absolute Gasteiger partial charge is 0.261 e. The van der Waals surface area contributed by atoms with Crippen LogP contribution in [0.25, 0.3) is 22.2 Å². The van der Waals surface area contributed by atoms with Gasteiger partial charge in [-0.05, 0) is 74.7 Å². The first kappa shape index (κ1) is 21.5. The Labute approximate surface area is 186 Å². The molecule has 1 aliphatic rings. The van der Waals surface area contributed by atoms with Crippen molar-refractivity contribution in [2.24, 2.45) is 5.92 Å². The molecule has 8 heteroatoms. The van der Waals surface area contributed by atoms with Crippen LogP contribution in [0.15, 0.2) is 40.9 Å². The highest BCUT2D eigenvalue weighted by Gasteiger charge is 2.17. The van der Waals surface area contributed by atoms with E-state index in [0.717, 1.165) is 35.1 Å². The topological polar surface area (TPSA) is 80.5 Å². The van der Waals surface area contributed by atoms with Gasteiger partial charge in [0, 0.05) is 18.7 Å². The summed E-state index contributed by atoms with van der Waals surface area (Å²) >= 11 is 1.37. The van der Waals surface area contributed by atoms with Crippen molar-refractivity contribution in [2.45, 2.75) is 26.2 Å². The van der Waals surface area contributed by atoms with Crippen LogP contribution in [-0.4, -0.2) is 54.2 Å². The van der Waals surface area contributed by atoms with E-state index in [4.69, 9.17) is 9.26 Å². The minimum atomic E-state index is -0.0536. The highest BCUT2D eigenvalue weighted by molar-refractivity contribution is 7.17. The summed E-state index contributed by atoms with van der Waals surface area (Å²) in [5.41, 5.74) is 0.817. The van der Waals surface area contributed by atoms with Gasteiger partial charge in [0.15, 0.2) is 0 Å². The van der Waals surface area contributed by atoms with Crippen LogP contribution in [0.5, 0.6) is 5.75 Å². The Hall–Kier alpha value is -2.71. The second-order valence-corrected chi connectivity index (χ2v) is 9.06. The molecule has 1 amide bonds. The number of amides is 1. The van der Waals surface area contributed by atoms with Crippen molar-refractivity contribution in [3.8, 4) is 27.9 Å². The van der Waals surface area contributed by atoms with Crippen LogP contribution in [0.1, 0.15) is 35.9 Å². The van der Waals surface area contributed by atoms with Crippen LogP contribution >= 0.6 is 11.3 Å². The standard InChI is InChI=1S/C23H28N4O3S/c1-16-5-3-13-27(15-16)14-4-12-24-22(28)20-11-10-19(31-20)21-25-23(30-26-21)17-6-8-18(29-2)9-7-17/h6-11,16H,3-5,12-15H2,1-2H3,(H,24,28). The van der Waals surface area contributed by atoms with Crippen LogP contribution < -0.4 is 10.1 Å². The van der Waals surface area contributed by atoms with Gasteiger partial charge in [-0.3, -0.25) is 4.79 Å². The normalized spacial score (nSPS) is 16.9. The fourth-order valence-corrected chi connectivity index (χ4v) is 4.68. The summed E-state index contributed by atoms with van der Waals surface area (Å²) < 4.78 is 10.6. The lowest BCUT2D eigenvalue weighted by molar-refractivity contribution is 0.0954. The second-order valence-electron chi connectivity index (χ2n) is 7.97. The zero-order valence-corrected chi connectivity index (χ0v) is 18.8. The molecule has 1 N–H and O–H groups in total. The molecule has 1 saturated heterocycles. The number of carbonyl (C=O) groups is 1. The number of rotatable bonds is 8. The summed E-state index contributed by atoms with van der Waals surface area (Å²) in [6, 6.07) is 11.1. The molecule has 1 aromatic carbocycles. The first-order chi connectivity index (χ1) is 15.1. The molecule has 7 nitrogen and oxygen atoms in total. The van der Waals surface area contributed by atoms with Crippen LogP contribution in [0.2, 0.25) is 0 Å². The highest BCUT2D eigenvalue weighted by Crippen LogP contribution is 2.28. The molecule has 3 heterocycles. The highest BCUT2D eigenvalue weighted by atomic mass is 32.1. The fraction of sp³-hybridized carbons (Fsp3) is 0.435. The fourth-order valence-electron chi connectivity index (χ4n) is 3.84. The van der Waals surface area contributed by atoms with Gasteiger partial charge in [0.1, 0.15) is 5.75 Å². The average Bonchev–Trinajstić information content (AvgIpc) is 3.47. The molecule has 4 rings (SSSR count). The Morgan fingerprint density at radius 3 is 2.90 bits per heavy atom. The number of hydrogen-bond donors (Lipinski definition) is 1. The summed E-state index contributed by atoms with van der Waals surface area (Å²) in [6.07, 6.45) is 3.57. The van der Waals surface area contributed by atoms with E-state index in [1.165, 1.54) is 37.3 Å². The Kier molecular flexibility index (Phi) is 6.99. The molecule has 2 aromatic heterocycles. The number of benzene rings is 1. The van der Waals surface area contributed by atoms with Gasteiger partial charge in [0.25, 0.3) is 11.8 Å². The van der Waals surface area contributed by atoms with Gasteiger partial charge in [-0.25, -0.2) is 0 Å². The number of likely N-dealkylation sites (tertiary alicyclic amines) is 1. The van der Waals surface area contributed by atoms with Crippen molar-refractivity contribution in [2.75, 3.05) is 33.3 Å². The molecule has 31 heavy (non-hydrogen) atoms. The molecule has 1 atom stereocenters. The van der Waals surface area contributed by atoms with Crippen LogP contribution in [-0.2, 0) is 0 Å². The largest absolute Gasteiger partial charge is 0.497 e. The van der Waals surface area contributed by atoms with Gasteiger partial charge in [0.05, 0.1) is 16.9 Å².